The summed E-state index contributed by atoms with van der Waals surface area (Å²) in [4.78, 5) is 11.9. The third kappa shape index (κ3) is 3.01. The van der Waals surface area contributed by atoms with E-state index in [4.69, 9.17) is 9.47 Å². The Kier molecular flexibility index (Phi) is 5.16. The predicted molar refractivity (Wildman–Crippen MR) is 70.9 cm³/mol. The number of benzene rings is 1. The van der Waals surface area contributed by atoms with E-state index in [1.165, 1.54) is 0 Å². The van der Waals surface area contributed by atoms with Crippen molar-refractivity contribution in [1.29, 1.82) is 0 Å². The van der Waals surface area contributed by atoms with Crippen molar-refractivity contribution in [2.45, 2.75) is 26.8 Å². The normalized spacial score (nSPS) is 12.1. The summed E-state index contributed by atoms with van der Waals surface area (Å²) < 4.78 is 10.5. The second kappa shape index (κ2) is 6.40. The zero-order valence-electron chi connectivity index (χ0n) is 11.7. The van der Waals surface area contributed by atoms with Crippen LogP contribution in [-0.4, -0.2) is 26.7 Å². The van der Waals surface area contributed by atoms with Crippen LogP contribution in [0.2, 0.25) is 0 Å². The van der Waals surface area contributed by atoms with Gasteiger partial charge in [-0.15, -0.1) is 0 Å². The third-order valence-electron chi connectivity index (χ3n) is 2.77. The maximum Gasteiger partial charge on any atom is 0.327 e. The topological polar surface area (TPSA) is 47.6 Å². The molecule has 0 heterocycles. The van der Waals surface area contributed by atoms with Crippen LogP contribution in [0.25, 0.3) is 0 Å². The van der Waals surface area contributed by atoms with Crippen molar-refractivity contribution in [3.63, 3.8) is 0 Å². The van der Waals surface area contributed by atoms with Crippen LogP contribution in [-0.2, 0) is 9.53 Å². The van der Waals surface area contributed by atoms with E-state index in [2.05, 4.69) is 5.32 Å². The molecule has 0 fully saturated rings. The van der Waals surface area contributed by atoms with Crippen molar-refractivity contribution in [3.05, 3.63) is 28.8 Å². The van der Waals surface area contributed by atoms with Crippen molar-refractivity contribution in [1.82, 2.24) is 5.32 Å². The van der Waals surface area contributed by atoms with Gasteiger partial charge < -0.3 is 14.8 Å². The fourth-order valence-electron chi connectivity index (χ4n) is 2.11. The molecule has 0 aliphatic heterocycles. The zero-order valence-corrected chi connectivity index (χ0v) is 11.7. The fourth-order valence-corrected chi connectivity index (χ4v) is 2.11. The highest BCUT2D eigenvalue weighted by Gasteiger charge is 2.24. The van der Waals surface area contributed by atoms with Crippen LogP contribution in [0.4, 0.5) is 0 Å². The number of rotatable bonds is 5. The highest BCUT2D eigenvalue weighted by atomic mass is 16.5. The lowest BCUT2D eigenvalue weighted by Crippen LogP contribution is -2.28. The molecule has 0 aliphatic carbocycles. The molecule has 0 saturated carbocycles. The molecule has 4 heteroatoms. The first-order valence-electron chi connectivity index (χ1n) is 6.04. The Morgan fingerprint density at radius 3 is 2.56 bits per heavy atom. The zero-order chi connectivity index (χ0) is 13.7. The minimum atomic E-state index is -0.501. The van der Waals surface area contributed by atoms with E-state index < -0.39 is 6.04 Å². The Morgan fingerprint density at radius 1 is 1.39 bits per heavy atom. The Morgan fingerprint density at radius 2 is 2.06 bits per heavy atom. The molecule has 1 aromatic carbocycles. The highest BCUT2D eigenvalue weighted by molar-refractivity contribution is 5.79. The van der Waals surface area contributed by atoms with Gasteiger partial charge in [0.15, 0.2) is 0 Å². The van der Waals surface area contributed by atoms with Gasteiger partial charge in [0, 0.05) is 5.56 Å². The van der Waals surface area contributed by atoms with Gasteiger partial charge in [0.25, 0.3) is 0 Å². The Hall–Kier alpha value is -1.55. The minimum Gasteiger partial charge on any atom is -0.496 e. The van der Waals surface area contributed by atoms with Crippen LogP contribution < -0.4 is 10.1 Å². The minimum absolute atomic E-state index is 0.289. The van der Waals surface area contributed by atoms with Crippen molar-refractivity contribution < 1.29 is 14.3 Å². The van der Waals surface area contributed by atoms with Gasteiger partial charge in [-0.05, 0) is 33.4 Å². The Bertz CT molecular complexity index is 429. The molecular formula is C14H21NO3. The van der Waals surface area contributed by atoms with E-state index in [-0.39, 0.29) is 5.97 Å². The van der Waals surface area contributed by atoms with E-state index in [0.717, 1.165) is 22.4 Å². The number of carbonyl (C=O) groups excluding carboxylic acids is 1. The monoisotopic (exact) mass is 251 g/mol. The molecular weight excluding hydrogens is 230 g/mol. The van der Waals surface area contributed by atoms with Crippen LogP contribution in [0.1, 0.15) is 29.7 Å². The van der Waals surface area contributed by atoms with Gasteiger partial charge in [-0.2, -0.15) is 0 Å². The largest absolute Gasteiger partial charge is 0.496 e. The second-order valence-corrected chi connectivity index (χ2v) is 4.18. The van der Waals surface area contributed by atoms with Gasteiger partial charge in [0.1, 0.15) is 11.8 Å². The first-order valence-corrected chi connectivity index (χ1v) is 6.04. The summed E-state index contributed by atoms with van der Waals surface area (Å²) in [5.74, 6) is 0.441. The lowest BCUT2D eigenvalue weighted by molar-refractivity contribution is -0.145. The highest BCUT2D eigenvalue weighted by Crippen LogP contribution is 2.30. The molecule has 0 radical (unpaired) electrons. The van der Waals surface area contributed by atoms with E-state index in [1.807, 2.05) is 26.0 Å². The maximum absolute atomic E-state index is 11.9. The number of hydrogen-bond donors (Lipinski definition) is 1. The molecule has 1 N–H and O–H groups in total. The number of hydrogen-bond acceptors (Lipinski definition) is 4. The second-order valence-electron chi connectivity index (χ2n) is 4.18. The van der Waals surface area contributed by atoms with Gasteiger partial charge in [-0.3, -0.25) is 0 Å². The van der Waals surface area contributed by atoms with Crippen molar-refractivity contribution in [3.8, 4) is 5.75 Å². The molecule has 0 aromatic heterocycles. The molecule has 18 heavy (non-hydrogen) atoms. The maximum atomic E-state index is 11.9. The molecule has 100 valence electrons. The molecule has 1 atom stereocenters. The van der Waals surface area contributed by atoms with E-state index >= 15 is 0 Å². The van der Waals surface area contributed by atoms with Crippen molar-refractivity contribution in [2.75, 3.05) is 20.8 Å². The fraction of sp³-hybridized carbons (Fsp3) is 0.500. The number of likely N-dealkylation sites (N-methyl/N-ethyl adjacent to an activating group) is 1. The van der Waals surface area contributed by atoms with Gasteiger partial charge >= 0.3 is 5.97 Å². The lowest BCUT2D eigenvalue weighted by atomic mass is 9.99. The molecule has 1 rings (SSSR count). The summed E-state index contributed by atoms with van der Waals surface area (Å²) in [6, 6.07) is 3.47. The van der Waals surface area contributed by atoms with Gasteiger partial charge in [-0.1, -0.05) is 17.7 Å². The number of carbonyl (C=O) groups is 1. The van der Waals surface area contributed by atoms with E-state index in [1.54, 1.807) is 21.1 Å². The lowest BCUT2D eigenvalue weighted by Gasteiger charge is -2.20. The predicted octanol–water partition coefficient (Wildman–Crippen LogP) is 2.14. The molecule has 0 bridgehead atoms. The standard InChI is InChI=1S/C14H21NO3/c1-6-18-14(16)12(15-4)11-8-9(2)7-10(3)13(11)17-5/h7-8,12,15H,6H2,1-5H3. The summed E-state index contributed by atoms with van der Waals surface area (Å²) in [7, 11) is 3.34. The summed E-state index contributed by atoms with van der Waals surface area (Å²) in [6.45, 7) is 6.12. The summed E-state index contributed by atoms with van der Waals surface area (Å²) in [5.41, 5.74) is 2.92. The molecule has 0 saturated heterocycles. The summed E-state index contributed by atoms with van der Waals surface area (Å²) in [5, 5.41) is 2.98. The molecule has 1 unspecified atom stereocenters. The van der Waals surface area contributed by atoms with Crippen LogP contribution in [0.15, 0.2) is 12.1 Å². The third-order valence-corrected chi connectivity index (χ3v) is 2.77. The van der Waals surface area contributed by atoms with Crippen LogP contribution >= 0.6 is 0 Å². The number of aryl methyl sites for hydroxylation is 2. The van der Waals surface area contributed by atoms with Gasteiger partial charge in [0.05, 0.1) is 13.7 Å². The van der Waals surface area contributed by atoms with Gasteiger partial charge in [-0.25, -0.2) is 4.79 Å². The number of nitrogens with one attached hydrogen (secondary N) is 1. The first kappa shape index (κ1) is 14.5. The first-order chi connectivity index (χ1) is 8.54. The smallest absolute Gasteiger partial charge is 0.327 e. The van der Waals surface area contributed by atoms with Crippen LogP contribution in [0.5, 0.6) is 5.75 Å². The Labute approximate surface area is 108 Å². The van der Waals surface area contributed by atoms with Crippen LogP contribution in [0.3, 0.4) is 0 Å². The quantitative estimate of drug-likeness (QED) is 0.814. The summed E-state index contributed by atoms with van der Waals surface area (Å²) >= 11 is 0. The van der Waals surface area contributed by atoms with E-state index in [0.29, 0.717) is 6.61 Å². The molecule has 4 nitrogen and oxygen atoms in total. The number of esters is 1. The van der Waals surface area contributed by atoms with Crippen molar-refractivity contribution in [2.24, 2.45) is 0 Å². The Balaban J connectivity index is 3.23. The average Bonchev–Trinajstić information content (AvgIpc) is 2.29. The summed E-state index contributed by atoms with van der Waals surface area (Å²) in [6.07, 6.45) is 0. The number of ether oxygens (including phenoxy) is 2. The SMILES string of the molecule is CCOC(=O)C(NC)c1cc(C)cc(C)c1OC. The van der Waals surface area contributed by atoms with E-state index in [9.17, 15) is 4.79 Å². The molecule has 1 aromatic rings. The average molecular weight is 251 g/mol. The van der Waals surface area contributed by atoms with Gasteiger partial charge in [0.2, 0.25) is 0 Å². The molecule has 0 amide bonds. The molecule has 0 aliphatic rings. The van der Waals surface area contributed by atoms with Crippen LogP contribution in [0, 0.1) is 13.8 Å². The number of methoxy groups -OCH3 is 1. The molecule has 0 spiro atoms. The van der Waals surface area contributed by atoms with Crippen molar-refractivity contribution >= 4 is 5.97 Å².